The Morgan fingerprint density at radius 2 is 2.00 bits per heavy atom. The Balaban J connectivity index is 2.95. The Kier molecular flexibility index (Phi) is 2.11. The monoisotopic (exact) mass is 185 g/mol. The van der Waals surface area contributed by atoms with Gasteiger partial charge in [-0.2, -0.15) is 0 Å². The van der Waals surface area contributed by atoms with Crippen LogP contribution in [0.5, 0.6) is 0 Å². The topological polar surface area (TPSA) is 63.7 Å². The Labute approximate surface area is 75.6 Å². The van der Waals surface area contributed by atoms with Gasteiger partial charge in [-0.1, -0.05) is 0 Å². The summed E-state index contributed by atoms with van der Waals surface area (Å²) in [6.07, 6.45) is -0.227. The van der Waals surface area contributed by atoms with E-state index in [2.05, 4.69) is 0 Å². The molecule has 1 heterocycles. The Bertz CT molecular complexity index is 271. The molecule has 0 bridgehead atoms. The molecule has 72 valence electrons. The van der Waals surface area contributed by atoms with Crippen molar-refractivity contribution in [3.8, 4) is 0 Å². The van der Waals surface area contributed by atoms with Crippen LogP contribution in [-0.4, -0.2) is 34.8 Å². The van der Waals surface area contributed by atoms with Crippen LogP contribution >= 0.6 is 0 Å². The number of nitrogens with zero attached hydrogens (tertiary/aromatic N) is 1. The third-order valence-corrected chi connectivity index (χ3v) is 1.88. The third-order valence-electron chi connectivity index (χ3n) is 1.88. The number of rotatable bonds is 2. The van der Waals surface area contributed by atoms with Gasteiger partial charge in [0, 0.05) is 0 Å². The lowest BCUT2D eigenvalue weighted by Gasteiger charge is -2.15. The maximum Gasteiger partial charge on any atom is 0.418 e. The molecule has 1 atom stereocenters. The lowest BCUT2D eigenvalue weighted by Crippen LogP contribution is -2.42. The molecule has 5 nitrogen and oxygen atoms in total. The van der Waals surface area contributed by atoms with Crippen LogP contribution in [-0.2, 0) is 14.3 Å². The van der Waals surface area contributed by atoms with E-state index in [1.807, 2.05) is 0 Å². The van der Waals surface area contributed by atoms with Crippen LogP contribution in [0.3, 0.4) is 0 Å². The van der Waals surface area contributed by atoms with E-state index in [4.69, 9.17) is 4.74 Å². The van der Waals surface area contributed by atoms with Crippen LogP contribution in [0.1, 0.15) is 20.8 Å². The van der Waals surface area contributed by atoms with Gasteiger partial charge in [0.25, 0.3) is 5.91 Å². The fourth-order valence-corrected chi connectivity index (χ4v) is 1.10. The number of imide groups is 1. The number of carbonyl (C=O) groups is 3. The summed E-state index contributed by atoms with van der Waals surface area (Å²) in [4.78, 5) is 33.8. The lowest BCUT2D eigenvalue weighted by atomic mass is 10.1. The van der Waals surface area contributed by atoms with E-state index < -0.39 is 23.6 Å². The van der Waals surface area contributed by atoms with Gasteiger partial charge < -0.3 is 9.53 Å². The first-order valence-corrected chi connectivity index (χ1v) is 3.92. The second-order valence-corrected chi connectivity index (χ2v) is 3.43. The molecule has 1 aliphatic heterocycles. The van der Waals surface area contributed by atoms with Gasteiger partial charge in [-0.3, -0.25) is 4.79 Å². The van der Waals surface area contributed by atoms with E-state index in [1.54, 1.807) is 0 Å². The molecule has 0 aromatic rings. The number of carbonyl (C=O) groups excluding carboxylic acids is 3. The van der Waals surface area contributed by atoms with Gasteiger partial charge in [-0.15, -0.1) is 0 Å². The highest BCUT2D eigenvalue weighted by Crippen LogP contribution is 2.24. The summed E-state index contributed by atoms with van der Waals surface area (Å²) in [7, 11) is 0. The highest BCUT2D eigenvalue weighted by atomic mass is 16.6. The predicted octanol–water partition coefficient (Wildman–Crippen LogP) is 0.331. The molecule has 1 unspecified atom stereocenters. The zero-order valence-electron chi connectivity index (χ0n) is 7.73. The maximum absolute atomic E-state index is 11.5. The second-order valence-electron chi connectivity index (χ2n) is 3.43. The molecule has 0 N–H and O–H groups in total. The minimum absolute atomic E-state index is 0.475. The lowest BCUT2D eigenvalue weighted by molar-refractivity contribution is -0.137. The van der Waals surface area contributed by atoms with Crippen LogP contribution in [0, 0.1) is 0 Å². The van der Waals surface area contributed by atoms with Crippen LogP contribution in [0.25, 0.3) is 0 Å². The van der Waals surface area contributed by atoms with Crippen molar-refractivity contribution in [2.45, 2.75) is 32.4 Å². The van der Waals surface area contributed by atoms with E-state index in [1.165, 1.54) is 20.8 Å². The molecule has 0 radical (unpaired) electrons. The molecule has 1 saturated heterocycles. The smallest absolute Gasteiger partial charge is 0.418 e. The van der Waals surface area contributed by atoms with Crippen molar-refractivity contribution in [3.63, 3.8) is 0 Å². The van der Waals surface area contributed by atoms with Crippen LogP contribution < -0.4 is 0 Å². The minimum Gasteiger partial charge on any atom is -0.433 e. The molecule has 0 aromatic heterocycles. The zero-order valence-corrected chi connectivity index (χ0v) is 7.73. The molecule has 0 aromatic carbocycles. The molecule has 1 fully saturated rings. The van der Waals surface area contributed by atoms with Gasteiger partial charge >= 0.3 is 6.09 Å². The average molecular weight is 185 g/mol. The molecular weight excluding hydrogens is 174 g/mol. The number of hydrogen-bond donors (Lipinski definition) is 0. The van der Waals surface area contributed by atoms with Gasteiger partial charge in [-0.05, 0) is 20.8 Å². The van der Waals surface area contributed by atoms with Crippen molar-refractivity contribution in [3.05, 3.63) is 0 Å². The molecular formula is C8H11NO4. The van der Waals surface area contributed by atoms with Gasteiger partial charge in [0.05, 0.1) is 6.04 Å². The quantitative estimate of drug-likeness (QED) is 0.581. The summed E-state index contributed by atoms with van der Waals surface area (Å²) in [5, 5.41) is 0. The highest BCUT2D eigenvalue weighted by Gasteiger charge is 2.48. The summed E-state index contributed by atoms with van der Waals surface area (Å²) in [5.74, 6) is -0.475. The van der Waals surface area contributed by atoms with E-state index in [0.717, 1.165) is 4.90 Å². The van der Waals surface area contributed by atoms with Gasteiger partial charge in [0.2, 0.25) is 0 Å². The van der Waals surface area contributed by atoms with Crippen molar-refractivity contribution in [1.29, 1.82) is 0 Å². The Morgan fingerprint density at radius 3 is 2.31 bits per heavy atom. The zero-order chi connectivity index (χ0) is 10.2. The first kappa shape index (κ1) is 9.70. The van der Waals surface area contributed by atoms with E-state index >= 15 is 0 Å². The first-order chi connectivity index (χ1) is 5.90. The van der Waals surface area contributed by atoms with E-state index in [0.29, 0.717) is 6.29 Å². The molecule has 0 saturated carbocycles. The van der Waals surface area contributed by atoms with Crippen LogP contribution in [0.2, 0.25) is 0 Å². The van der Waals surface area contributed by atoms with Crippen molar-refractivity contribution >= 4 is 18.3 Å². The van der Waals surface area contributed by atoms with Crippen molar-refractivity contribution in [1.82, 2.24) is 4.90 Å². The predicted molar refractivity (Wildman–Crippen MR) is 42.9 cm³/mol. The molecule has 0 spiro atoms. The molecule has 0 aliphatic carbocycles. The SMILES string of the molecule is CC(C=O)N1C(=O)OC(C)(C)C1=O. The summed E-state index contributed by atoms with van der Waals surface area (Å²) in [6, 6.07) is -0.762. The summed E-state index contributed by atoms with van der Waals surface area (Å²) in [5.41, 5.74) is -1.14. The fraction of sp³-hybridized carbons (Fsp3) is 0.625. The van der Waals surface area contributed by atoms with Crippen LogP contribution in [0.15, 0.2) is 0 Å². The van der Waals surface area contributed by atoms with Gasteiger partial charge in [0.1, 0.15) is 6.29 Å². The van der Waals surface area contributed by atoms with E-state index in [-0.39, 0.29) is 0 Å². The average Bonchev–Trinajstić information content (AvgIpc) is 2.21. The second kappa shape index (κ2) is 2.83. The van der Waals surface area contributed by atoms with Crippen molar-refractivity contribution in [2.24, 2.45) is 0 Å². The normalized spacial score (nSPS) is 22.8. The molecule has 1 rings (SSSR count). The summed E-state index contributed by atoms with van der Waals surface area (Å²) >= 11 is 0. The maximum atomic E-state index is 11.5. The Morgan fingerprint density at radius 1 is 1.46 bits per heavy atom. The first-order valence-electron chi connectivity index (χ1n) is 3.92. The standard InChI is InChI=1S/C8H11NO4/c1-5(4-10)9-6(11)8(2,3)13-7(9)12/h4-5H,1-3H3. The van der Waals surface area contributed by atoms with Crippen LogP contribution in [0.4, 0.5) is 4.79 Å². The summed E-state index contributed by atoms with van der Waals surface area (Å²) < 4.78 is 4.78. The molecule has 1 aliphatic rings. The third kappa shape index (κ3) is 1.41. The van der Waals surface area contributed by atoms with Gasteiger partial charge in [0.15, 0.2) is 5.60 Å². The van der Waals surface area contributed by atoms with Gasteiger partial charge in [-0.25, -0.2) is 9.69 Å². The Hall–Kier alpha value is -1.39. The number of ether oxygens (including phenoxy) is 1. The summed E-state index contributed by atoms with van der Waals surface area (Å²) in [6.45, 7) is 4.45. The number of amides is 2. The van der Waals surface area contributed by atoms with Crippen molar-refractivity contribution in [2.75, 3.05) is 0 Å². The molecule has 5 heteroatoms. The largest absolute Gasteiger partial charge is 0.433 e. The minimum atomic E-state index is -1.14. The molecule has 13 heavy (non-hydrogen) atoms. The highest BCUT2D eigenvalue weighted by molar-refractivity contribution is 6.04. The van der Waals surface area contributed by atoms with E-state index in [9.17, 15) is 14.4 Å². The number of hydrogen-bond acceptors (Lipinski definition) is 4. The molecule has 2 amide bonds. The fourth-order valence-electron chi connectivity index (χ4n) is 1.10. The van der Waals surface area contributed by atoms with Crippen molar-refractivity contribution < 1.29 is 19.1 Å². The number of cyclic esters (lactones) is 1. The number of aldehydes is 1.